The Kier molecular flexibility index (Phi) is 3.84. The van der Waals surface area contributed by atoms with Crippen LogP contribution in [0.4, 0.5) is 0 Å². The number of sulfonamides is 1. The van der Waals surface area contributed by atoms with Crippen LogP contribution in [0.3, 0.4) is 0 Å². The Balaban J connectivity index is 1.56. The van der Waals surface area contributed by atoms with Gasteiger partial charge in [-0.3, -0.25) is 0 Å². The molecule has 0 atom stereocenters. The lowest BCUT2D eigenvalue weighted by Gasteiger charge is -2.05. The highest BCUT2D eigenvalue weighted by atomic mass is 32.2. The molecule has 1 N–H and O–H groups in total. The summed E-state index contributed by atoms with van der Waals surface area (Å²) in [5.74, 6) is 0. The van der Waals surface area contributed by atoms with Crippen molar-refractivity contribution in [2.75, 3.05) is 0 Å². The number of aromatic nitrogens is 5. The van der Waals surface area contributed by atoms with Gasteiger partial charge in [0.15, 0.2) is 0 Å². The van der Waals surface area contributed by atoms with E-state index in [0.29, 0.717) is 16.7 Å². The molecule has 0 aliphatic carbocycles. The molecule has 0 aliphatic rings. The Hall–Kier alpha value is -2.21. The molecule has 0 amide bonds. The maximum absolute atomic E-state index is 12.5. The first-order chi connectivity index (χ1) is 11.6. The molecule has 4 aromatic rings. The molecule has 4 rings (SSSR count). The van der Waals surface area contributed by atoms with Crippen LogP contribution in [-0.2, 0) is 16.6 Å². The van der Waals surface area contributed by atoms with Crippen molar-refractivity contribution < 1.29 is 8.42 Å². The highest BCUT2D eigenvalue weighted by molar-refractivity contribution is 7.89. The van der Waals surface area contributed by atoms with Crippen LogP contribution in [0, 0.1) is 0 Å². The van der Waals surface area contributed by atoms with E-state index in [1.807, 2.05) is 16.8 Å². The average molecular weight is 378 g/mol. The molecule has 0 saturated carbocycles. The third-order valence-corrected chi connectivity index (χ3v) is 5.94. The lowest BCUT2D eigenvalue weighted by atomic mass is 10.3. The van der Waals surface area contributed by atoms with Crippen molar-refractivity contribution >= 4 is 44.1 Å². The minimum atomic E-state index is -3.72. The van der Waals surface area contributed by atoms with E-state index in [1.165, 1.54) is 6.07 Å². The molecule has 3 aromatic heterocycles. The first-order valence-electron chi connectivity index (χ1n) is 6.78. The number of benzene rings is 1. The second kappa shape index (κ2) is 6.02. The van der Waals surface area contributed by atoms with E-state index < -0.39 is 10.0 Å². The summed E-state index contributed by atoms with van der Waals surface area (Å²) >= 11 is 2.53. The summed E-state index contributed by atoms with van der Waals surface area (Å²) in [6.07, 6.45) is 1.69. The fourth-order valence-corrected chi connectivity index (χ4v) is 4.52. The number of hydrogen-bond acceptors (Lipinski definition) is 8. The third-order valence-electron chi connectivity index (χ3n) is 3.29. The summed E-state index contributed by atoms with van der Waals surface area (Å²) in [6, 6.07) is 6.78. The molecular weight excluding hydrogens is 368 g/mol. The van der Waals surface area contributed by atoms with Gasteiger partial charge in [-0.1, -0.05) is 11.3 Å². The van der Waals surface area contributed by atoms with Gasteiger partial charge in [-0.25, -0.2) is 17.8 Å². The van der Waals surface area contributed by atoms with Gasteiger partial charge in [0.25, 0.3) is 0 Å². The Morgan fingerprint density at radius 3 is 2.96 bits per heavy atom. The lowest BCUT2D eigenvalue weighted by Crippen LogP contribution is -2.23. The van der Waals surface area contributed by atoms with E-state index in [0.717, 1.165) is 17.4 Å². The van der Waals surface area contributed by atoms with Crippen LogP contribution < -0.4 is 4.72 Å². The predicted molar refractivity (Wildman–Crippen MR) is 90.7 cm³/mol. The molecule has 0 bridgehead atoms. The second-order valence-corrected chi connectivity index (χ2v) is 7.89. The summed E-state index contributed by atoms with van der Waals surface area (Å²) < 4.78 is 37.3. The molecule has 8 nitrogen and oxygen atoms in total. The van der Waals surface area contributed by atoms with E-state index in [9.17, 15) is 8.42 Å². The van der Waals surface area contributed by atoms with Crippen LogP contribution in [-0.4, -0.2) is 32.2 Å². The van der Waals surface area contributed by atoms with Gasteiger partial charge in [-0.05, 0) is 23.6 Å². The highest BCUT2D eigenvalue weighted by Gasteiger charge is 2.19. The van der Waals surface area contributed by atoms with Crippen LogP contribution >= 0.6 is 23.1 Å². The summed E-state index contributed by atoms with van der Waals surface area (Å²) in [5, 5.41) is 11.8. The number of nitrogens with one attached hydrogen (secondary N) is 1. The van der Waals surface area contributed by atoms with Gasteiger partial charge in [-0.2, -0.15) is 20.1 Å². The number of hydrogen-bond donors (Lipinski definition) is 1. The quantitative estimate of drug-likeness (QED) is 0.568. The zero-order chi connectivity index (χ0) is 16.6. The normalized spacial score (nSPS) is 12.0. The molecule has 24 heavy (non-hydrogen) atoms. The van der Waals surface area contributed by atoms with Gasteiger partial charge < -0.3 is 0 Å². The van der Waals surface area contributed by atoms with E-state index >= 15 is 0 Å². The molecule has 0 fully saturated rings. The maximum atomic E-state index is 12.5. The van der Waals surface area contributed by atoms with E-state index in [4.69, 9.17) is 0 Å². The highest BCUT2D eigenvalue weighted by Crippen LogP contribution is 2.21. The zero-order valence-electron chi connectivity index (χ0n) is 12.0. The molecule has 0 spiro atoms. The van der Waals surface area contributed by atoms with Gasteiger partial charge in [0, 0.05) is 5.38 Å². The SMILES string of the molecule is O=S(=O)(NCc1cn(-c2ccsc2)nn1)c1cccc2nsnc12. The molecular formula is C13H10N6O2S3. The van der Waals surface area contributed by atoms with Crippen LogP contribution in [0.25, 0.3) is 16.7 Å². The van der Waals surface area contributed by atoms with Gasteiger partial charge in [-0.15, -0.1) is 5.10 Å². The third kappa shape index (κ3) is 2.82. The molecule has 0 unspecified atom stereocenters. The average Bonchev–Trinajstić information content (AvgIpc) is 3.32. The minimum Gasteiger partial charge on any atom is -0.220 e. The van der Waals surface area contributed by atoms with Gasteiger partial charge >= 0.3 is 0 Å². The molecule has 0 radical (unpaired) electrons. The van der Waals surface area contributed by atoms with Gasteiger partial charge in [0.1, 0.15) is 15.9 Å². The number of thiophene rings is 1. The monoisotopic (exact) mass is 378 g/mol. The fourth-order valence-electron chi connectivity index (χ4n) is 2.14. The number of fused-ring (bicyclic) bond motifs is 1. The second-order valence-electron chi connectivity index (χ2n) is 4.85. The Morgan fingerprint density at radius 2 is 2.12 bits per heavy atom. The van der Waals surface area contributed by atoms with Crippen LogP contribution in [0.2, 0.25) is 0 Å². The first-order valence-corrected chi connectivity index (χ1v) is 9.94. The largest absolute Gasteiger partial charge is 0.243 e. The fraction of sp³-hybridized carbons (Fsp3) is 0.0769. The van der Waals surface area contributed by atoms with E-state index in [1.54, 1.807) is 34.3 Å². The molecule has 3 heterocycles. The Labute approximate surface area is 145 Å². The van der Waals surface area contributed by atoms with Crippen LogP contribution in [0.1, 0.15) is 5.69 Å². The van der Waals surface area contributed by atoms with Crippen molar-refractivity contribution in [1.29, 1.82) is 0 Å². The summed E-state index contributed by atoms with van der Waals surface area (Å²) in [7, 11) is -3.72. The minimum absolute atomic E-state index is 0.0421. The van der Waals surface area contributed by atoms with E-state index in [-0.39, 0.29) is 11.4 Å². The topological polar surface area (TPSA) is 103 Å². The van der Waals surface area contributed by atoms with Crippen molar-refractivity contribution in [2.45, 2.75) is 11.4 Å². The molecule has 0 aliphatic heterocycles. The Morgan fingerprint density at radius 1 is 1.21 bits per heavy atom. The van der Waals surface area contributed by atoms with Crippen molar-refractivity contribution in [3.8, 4) is 5.69 Å². The van der Waals surface area contributed by atoms with Crippen molar-refractivity contribution in [3.05, 3.63) is 46.9 Å². The standard InChI is InChI=1S/C13H10N6O2S3/c20-24(21,12-3-1-2-11-13(12)17-23-16-11)14-6-9-7-19(18-15-9)10-4-5-22-8-10/h1-5,7-8,14H,6H2. The summed E-state index contributed by atoms with van der Waals surface area (Å²) in [5.41, 5.74) is 2.34. The van der Waals surface area contributed by atoms with Crippen molar-refractivity contribution in [3.63, 3.8) is 0 Å². The van der Waals surface area contributed by atoms with Gasteiger partial charge in [0.2, 0.25) is 10.0 Å². The molecule has 0 saturated heterocycles. The van der Waals surface area contributed by atoms with Gasteiger partial charge in [0.05, 0.1) is 35.9 Å². The van der Waals surface area contributed by atoms with Crippen LogP contribution in [0.5, 0.6) is 0 Å². The lowest BCUT2D eigenvalue weighted by molar-refractivity contribution is 0.581. The number of rotatable bonds is 5. The smallest absolute Gasteiger partial charge is 0.220 e. The Bertz CT molecular complexity index is 1080. The molecule has 1 aromatic carbocycles. The molecule has 11 heteroatoms. The molecule has 122 valence electrons. The van der Waals surface area contributed by atoms with Crippen LogP contribution in [0.15, 0.2) is 46.1 Å². The summed E-state index contributed by atoms with van der Waals surface area (Å²) in [4.78, 5) is 0.110. The summed E-state index contributed by atoms with van der Waals surface area (Å²) in [6.45, 7) is 0.0421. The first kappa shape index (κ1) is 15.3. The van der Waals surface area contributed by atoms with E-state index in [2.05, 4.69) is 23.8 Å². The van der Waals surface area contributed by atoms with Crippen molar-refractivity contribution in [2.24, 2.45) is 0 Å². The van der Waals surface area contributed by atoms with Crippen molar-refractivity contribution in [1.82, 2.24) is 28.5 Å². The number of nitrogens with zero attached hydrogens (tertiary/aromatic N) is 5. The zero-order valence-corrected chi connectivity index (χ0v) is 14.5. The predicted octanol–water partition coefficient (Wildman–Crippen LogP) is 1.81. The maximum Gasteiger partial charge on any atom is 0.243 e.